The van der Waals surface area contributed by atoms with Crippen molar-refractivity contribution in [1.29, 1.82) is 0 Å². The van der Waals surface area contributed by atoms with Crippen LogP contribution in [0.2, 0.25) is 5.02 Å². The van der Waals surface area contributed by atoms with Crippen molar-refractivity contribution in [3.8, 4) is 5.75 Å². The molecule has 0 saturated heterocycles. The van der Waals surface area contributed by atoms with Crippen LogP contribution in [0.5, 0.6) is 5.75 Å². The lowest BCUT2D eigenvalue weighted by molar-refractivity contribution is 0.187. The molecular weight excluding hydrogens is 324 g/mol. The molecule has 1 atom stereocenters. The van der Waals surface area contributed by atoms with E-state index >= 15 is 0 Å². The van der Waals surface area contributed by atoms with Gasteiger partial charge in [-0.3, -0.25) is 0 Å². The summed E-state index contributed by atoms with van der Waals surface area (Å²) in [4.78, 5) is 2.29. The van der Waals surface area contributed by atoms with Crippen LogP contribution in [0.25, 0.3) is 0 Å². The summed E-state index contributed by atoms with van der Waals surface area (Å²) in [6.45, 7) is 6.63. The topological polar surface area (TPSA) is 44.7 Å². The van der Waals surface area contributed by atoms with Crippen LogP contribution in [-0.2, 0) is 0 Å². The van der Waals surface area contributed by atoms with E-state index in [2.05, 4.69) is 36.2 Å². The molecular formula is C19H25ClN2O2. The van der Waals surface area contributed by atoms with E-state index in [1.54, 1.807) is 25.3 Å². The predicted octanol–water partition coefficient (Wildman–Crippen LogP) is 4.34. The molecule has 130 valence electrons. The molecule has 0 amide bonds. The summed E-state index contributed by atoms with van der Waals surface area (Å²) in [6, 6.07) is 13.5. The molecule has 0 bridgehead atoms. The standard InChI is InChI=1S/C19H25ClN2O2/c1-4-22(5-2)16-9-7-15(8-10-16)21-13-18(23)17-12-14(20)6-11-19(17)24-3/h6-12,18,21,23H,4-5,13H2,1-3H3/t18-/m1/s1. The van der Waals surface area contributed by atoms with Crippen LogP contribution >= 0.6 is 11.6 Å². The third-order valence-electron chi connectivity index (χ3n) is 4.05. The molecule has 0 radical (unpaired) electrons. The molecule has 0 unspecified atom stereocenters. The average Bonchev–Trinajstić information content (AvgIpc) is 2.61. The minimum Gasteiger partial charge on any atom is -0.496 e. The van der Waals surface area contributed by atoms with Gasteiger partial charge in [-0.15, -0.1) is 0 Å². The van der Waals surface area contributed by atoms with Crippen molar-refractivity contribution in [2.75, 3.05) is 37.0 Å². The quantitative estimate of drug-likeness (QED) is 0.744. The van der Waals surface area contributed by atoms with Crippen molar-refractivity contribution in [3.63, 3.8) is 0 Å². The van der Waals surface area contributed by atoms with Gasteiger partial charge in [0.15, 0.2) is 0 Å². The van der Waals surface area contributed by atoms with Crippen LogP contribution in [0.3, 0.4) is 0 Å². The van der Waals surface area contributed by atoms with Gasteiger partial charge in [0.1, 0.15) is 5.75 Å². The Balaban J connectivity index is 2.01. The third kappa shape index (κ3) is 4.56. The summed E-state index contributed by atoms with van der Waals surface area (Å²) in [5, 5.41) is 14.3. The van der Waals surface area contributed by atoms with Gasteiger partial charge >= 0.3 is 0 Å². The maximum atomic E-state index is 10.4. The van der Waals surface area contributed by atoms with E-state index in [1.807, 2.05) is 12.1 Å². The molecule has 4 nitrogen and oxygen atoms in total. The van der Waals surface area contributed by atoms with Crippen LogP contribution in [0, 0.1) is 0 Å². The van der Waals surface area contributed by atoms with Gasteiger partial charge in [0, 0.05) is 41.6 Å². The summed E-state index contributed by atoms with van der Waals surface area (Å²) < 4.78 is 5.29. The Hall–Kier alpha value is -1.91. The van der Waals surface area contributed by atoms with E-state index in [-0.39, 0.29) is 0 Å². The molecule has 0 aliphatic carbocycles. The molecule has 0 spiro atoms. The van der Waals surface area contributed by atoms with E-state index < -0.39 is 6.10 Å². The number of halogens is 1. The van der Waals surface area contributed by atoms with Crippen molar-refractivity contribution in [3.05, 3.63) is 53.1 Å². The number of benzene rings is 2. The fourth-order valence-electron chi connectivity index (χ4n) is 2.67. The second kappa shape index (κ2) is 8.81. The van der Waals surface area contributed by atoms with Crippen LogP contribution in [-0.4, -0.2) is 31.9 Å². The van der Waals surface area contributed by atoms with Crippen molar-refractivity contribution < 1.29 is 9.84 Å². The number of ether oxygens (including phenoxy) is 1. The van der Waals surface area contributed by atoms with E-state index in [4.69, 9.17) is 16.3 Å². The van der Waals surface area contributed by atoms with E-state index in [0.717, 1.165) is 18.8 Å². The molecule has 0 saturated carbocycles. The maximum Gasteiger partial charge on any atom is 0.124 e. The van der Waals surface area contributed by atoms with Gasteiger partial charge in [-0.2, -0.15) is 0 Å². The second-order valence-corrected chi connectivity index (χ2v) is 5.94. The Morgan fingerprint density at radius 1 is 1.12 bits per heavy atom. The number of hydrogen-bond acceptors (Lipinski definition) is 4. The number of aliphatic hydroxyl groups excluding tert-OH is 1. The van der Waals surface area contributed by atoms with Crippen LogP contribution in [0.1, 0.15) is 25.5 Å². The number of nitrogens with zero attached hydrogens (tertiary/aromatic N) is 1. The van der Waals surface area contributed by atoms with E-state index in [1.165, 1.54) is 5.69 Å². The number of rotatable bonds is 8. The Kier molecular flexibility index (Phi) is 6.76. The van der Waals surface area contributed by atoms with Crippen molar-refractivity contribution in [2.24, 2.45) is 0 Å². The summed E-state index contributed by atoms with van der Waals surface area (Å²) in [5.74, 6) is 0.630. The largest absolute Gasteiger partial charge is 0.496 e. The summed E-state index contributed by atoms with van der Waals surface area (Å²) in [5.41, 5.74) is 2.84. The molecule has 5 heteroatoms. The molecule has 0 fully saturated rings. The second-order valence-electron chi connectivity index (χ2n) is 5.50. The molecule has 0 aliphatic rings. The monoisotopic (exact) mass is 348 g/mol. The summed E-state index contributed by atoms with van der Waals surface area (Å²) in [7, 11) is 1.58. The first kappa shape index (κ1) is 18.4. The van der Waals surface area contributed by atoms with Crippen LogP contribution in [0.4, 0.5) is 11.4 Å². The van der Waals surface area contributed by atoms with Crippen molar-refractivity contribution in [2.45, 2.75) is 20.0 Å². The molecule has 0 heterocycles. The number of nitrogens with one attached hydrogen (secondary N) is 1. The predicted molar refractivity (Wildman–Crippen MR) is 101 cm³/mol. The minimum absolute atomic E-state index is 0.376. The molecule has 24 heavy (non-hydrogen) atoms. The normalized spacial score (nSPS) is 11.9. The van der Waals surface area contributed by atoms with E-state index in [0.29, 0.717) is 22.9 Å². The zero-order chi connectivity index (χ0) is 17.5. The fourth-order valence-corrected chi connectivity index (χ4v) is 2.85. The van der Waals surface area contributed by atoms with Gasteiger partial charge in [-0.1, -0.05) is 11.6 Å². The van der Waals surface area contributed by atoms with Gasteiger partial charge in [0.25, 0.3) is 0 Å². The number of anilines is 2. The summed E-state index contributed by atoms with van der Waals surface area (Å²) >= 11 is 6.02. The molecule has 2 aromatic carbocycles. The Bertz CT molecular complexity index is 642. The van der Waals surface area contributed by atoms with Crippen LogP contribution < -0.4 is 15.0 Å². The lowest BCUT2D eigenvalue weighted by Gasteiger charge is -2.21. The molecule has 2 rings (SSSR count). The van der Waals surface area contributed by atoms with Gasteiger partial charge in [0.05, 0.1) is 13.2 Å². The highest BCUT2D eigenvalue weighted by molar-refractivity contribution is 6.30. The maximum absolute atomic E-state index is 10.4. The molecule has 0 aliphatic heterocycles. The van der Waals surface area contributed by atoms with Gasteiger partial charge in [-0.25, -0.2) is 0 Å². The first-order valence-corrected chi connectivity index (χ1v) is 8.57. The summed E-state index contributed by atoms with van der Waals surface area (Å²) in [6.07, 6.45) is -0.707. The SMILES string of the molecule is CCN(CC)c1ccc(NC[C@@H](O)c2cc(Cl)ccc2OC)cc1. The first-order chi connectivity index (χ1) is 11.6. The Labute approximate surface area is 149 Å². The highest BCUT2D eigenvalue weighted by atomic mass is 35.5. The van der Waals surface area contributed by atoms with Crippen LogP contribution in [0.15, 0.2) is 42.5 Å². The first-order valence-electron chi connectivity index (χ1n) is 8.19. The minimum atomic E-state index is -0.707. The number of hydrogen-bond donors (Lipinski definition) is 2. The third-order valence-corrected chi connectivity index (χ3v) is 4.28. The Morgan fingerprint density at radius 2 is 1.79 bits per heavy atom. The van der Waals surface area contributed by atoms with Crippen molar-refractivity contribution >= 4 is 23.0 Å². The van der Waals surface area contributed by atoms with Gasteiger partial charge < -0.3 is 20.1 Å². The highest BCUT2D eigenvalue weighted by Crippen LogP contribution is 2.28. The van der Waals surface area contributed by atoms with Gasteiger partial charge in [0.2, 0.25) is 0 Å². The average molecular weight is 349 g/mol. The lowest BCUT2D eigenvalue weighted by atomic mass is 10.1. The zero-order valence-corrected chi connectivity index (χ0v) is 15.2. The lowest BCUT2D eigenvalue weighted by Crippen LogP contribution is -2.21. The zero-order valence-electron chi connectivity index (χ0n) is 14.4. The molecule has 2 N–H and O–H groups in total. The number of methoxy groups -OCH3 is 1. The smallest absolute Gasteiger partial charge is 0.124 e. The highest BCUT2D eigenvalue weighted by Gasteiger charge is 2.14. The van der Waals surface area contributed by atoms with E-state index in [9.17, 15) is 5.11 Å². The van der Waals surface area contributed by atoms with Gasteiger partial charge in [-0.05, 0) is 56.3 Å². The number of aliphatic hydroxyl groups is 1. The fraction of sp³-hybridized carbons (Fsp3) is 0.368. The molecule has 2 aromatic rings. The molecule has 0 aromatic heterocycles. The van der Waals surface area contributed by atoms with Crippen molar-refractivity contribution in [1.82, 2.24) is 0 Å². The Morgan fingerprint density at radius 3 is 2.38 bits per heavy atom.